The van der Waals surface area contributed by atoms with Gasteiger partial charge in [-0.05, 0) is 37.9 Å². The van der Waals surface area contributed by atoms with Crippen molar-refractivity contribution in [2.75, 3.05) is 6.54 Å². The topological polar surface area (TPSA) is 37.8 Å². The third-order valence-electron chi connectivity index (χ3n) is 3.07. The van der Waals surface area contributed by atoms with Gasteiger partial charge in [0.25, 0.3) is 0 Å². The Bertz CT molecular complexity index is 561. The molecule has 0 bridgehead atoms. The molecule has 0 aliphatic carbocycles. The number of rotatable bonds is 5. The second kappa shape index (κ2) is 6.26. The molecule has 0 radical (unpaired) electrons. The number of nitrogens with one attached hydrogen (secondary N) is 1. The molecular formula is C15H21N3S. The summed E-state index contributed by atoms with van der Waals surface area (Å²) in [6.07, 6.45) is 2.89. The van der Waals surface area contributed by atoms with Crippen LogP contribution in [0.25, 0.3) is 10.7 Å². The van der Waals surface area contributed by atoms with E-state index in [1.165, 1.54) is 21.7 Å². The van der Waals surface area contributed by atoms with Gasteiger partial charge in [0.1, 0.15) is 10.7 Å². The van der Waals surface area contributed by atoms with Crippen molar-refractivity contribution in [2.24, 2.45) is 0 Å². The fourth-order valence-corrected chi connectivity index (χ4v) is 3.26. The molecule has 2 rings (SSSR count). The molecule has 2 heterocycles. The predicted molar refractivity (Wildman–Crippen MR) is 81.6 cm³/mol. The van der Waals surface area contributed by atoms with Gasteiger partial charge in [-0.2, -0.15) is 0 Å². The number of aromatic nitrogens is 2. The number of nitrogens with zero attached hydrogens (tertiary/aromatic N) is 2. The summed E-state index contributed by atoms with van der Waals surface area (Å²) >= 11 is 1.76. The maximum Gasteiger partial charge on any atom is 0.142 e. The zero-order valence-electron chi connectivity index (χ0n) is 12.1. The Morgan fingerprint density at radius 1 is 1.26 bits per heavy atom. The van der Waals surface area contributed by atoms with Crippen molar-refractivity contribution in [1.82, 2.24) is 15.3 Å². The Morgan fingerprint density at radius 2 is 2.05 bits per heavy atom. The third-order valence-corrected chi connectivity index (χ3v) is 4.17. The Kier molecular flexibility index (Phi) is 4.66. The molecule has 0 unspecified atom stereocenters. The van der Waals surface area contributed by atoms with Crippen molar-refractivity contribution >= 4 is 11.3 Å². The molecule has 0 aliphatic rings. The number of thiazole rings is 1. The van der Waals surface area contributed by atoms with E-state index in [1.807, 2.05) is 6.20 Å². The standard InChI is InChI=1S/C15H21N3S/c1-5-12-13(9-16-6-2)19-15(18-12)14-11(4)7-10(3)8-17-14/h7-8,16H,5-6,9H2,1-4H3. The van der Waals surface area contributed by atoms with E-state index in [2.05, 4.69) is 44.1 Å². The van der Waals surface area contributed by atoms with Crippen molar-refractivity contribution in [3.63, 3.8) is 0 Å². The van der Waals surface area contributed by atoms with E-state index >= 15 is 0 Å². The lowest BCUT2D eigenvalue weighted by Gasteiger charge is -2.01. The van der Waals surface area contributed by atoms with Gasteiger partial charge in [0.15, 0.2) is 0 Å². The first-order chi connectivity index (χ1) is 9.15. The molecule has 0 aromatic carbocycles. The predicted octanol–water partition coefficient (Wildman–Crippen LogP) is 3.49. The van der Waals surface area contributed by atoms with Gasteiger partial charge in [0.05, 0.1) is 5.69 Å². The van der Waals surface area contributed by atoms with E-state index in [1.54, 1.807) is 11.3 Å². The lowest BCUT2D eigenvalue weighted by Crippen LogP contribution is -2.11. The van der Waals surface area contributed by atoms with E-state index in [9.17, 15) is 0 Å². The van der Waals surface area contributed by atoms with Crippen LogP contribution in [-0.2, 0) is 13.0 Å². The quantitative estimate of drug-likeness (QED) is 0.907. The summed E-state index contributed by atoms with van der Waals surface area (Å²) < 4.78 is 0. The van der Waals surface area contributed by atoms with Gasteiger partial charge in [-0.25, -0.2) is 4.98 Å². The molecule has 4 heteroatoms. The second-order valence-corrected chi connectivity index (χ2v) is 5.78. The van der Waals surface area contributed by atoms with E-state index < -0.39 is 0 Å². The maximum absolute atomic E-state index is 4.76. The fraction of sp³-hybridized carbons (Fsp3) is 0.467. The molecule has 0 spiro atoms. The minimum atomic E-state index is 0.905. The van der Waals surface area contributed by atoms with Gasteiger partial charge in [-0.1, -0.05) is 19.9 Å². The highest BCUT2D eigenvalue weighted by Crippen LogP contribution is 2.29. The number of pyridine rings is 1. The highest BCUT2D eigenvalue weighted by molar-refractivity contribution is 7.15. The summed E-state index contributed by atoms with van der Waals surface area (Å²) in [6.45, 7) is 10.3. The van der Waals surface area contributed by atoms with E-state index in [4.69, 9.17) is 4.98 Å². The molecule has 0 saturated heterocycles. The van der Waals surface area contributed by atoms with Crippen molar-refractivity contribution in [3.8, 4) is 10.7 Å². The summed E-state index contributed by atoms with van der Waals surface area (Å²) in [7, 11) is 0. The molecule has 2 aromatic rings. The molecule has 0 amide bonds. The summed E-state index contributed by atoms with van der Waals surface area (Å²) in [5, 5.41) is 4.42. The van der Waals surface area contributed by atoms with Gasteiger partial charge < -0.3 is 5.32 Å². The van der Waals surface area contributed by atoms with E-state index in [-0.39, 0.29) is 0 Å². The Morgan fingerprint density at radius 3 is 2.68 bits per heavy atom. The molecule has 0 atom stereocenters. The lowest BCUT2D eigenvalue weighted by atomic mass is 10.2. The zero-order chi connectivity index (χ0) is 13.8. The SMILES string of the molecule is CCNCc1sc(-c2ncc(C)cc2C)nc1CC. The summed E-state index contributed by atoms with van der Waals surface area (Å²) in [5.41, 5.74) is 4.61. The minimum absolute atomic E-state index is 0.905. The smallest absolute Gasteiger partial charge is 0.142 e. The molecule has 2 aromatic heterocycles. The first kappa shape index (κ1) is 14.2. The van der Waals surface area contributed by atoms with Crippen LogP contribution in [0.2, 0.25) is 0 Å². The first-order valence-corrected chi connectivity index (χ1v) is 7.60. The Hall–Kier alpha value is -1.26. The molecule has 0 fully saturated rings. The maximum atomic E-state index is 4.76. The highest BCUT2D eigenvalue weighted by atomic mass is 32.1. The zero-order valence-corrected chi connectivity index (χ0v) is 12.9. The average Bonchev–Trinajstić information content (AvgIpc) is 2.79. The van der Waals surface area contributed by atoms with Gasteiger partial charge in [0.2, 0.25) is 0 Å². The van der Waals surface area contributed by atoms with Crippen LogP contribution in [0.5, 0.6) is 0 Å². The number of hydrogen-bond acceptors (Lipinski definition) is 4. The van der Waals surface area contributed by atoms with Crippen LogP contribution in [0.15, 0.2) is 12.3 Å². The van der Waals surface area contributed by atoms with Gasteiger partial charge in [-0.15, -0.1) is 11.3 Å². The average molecular weight is 275 g/mol. The van der Waals surface area contributed by atoms with Crippen molar-refractivity contribution < 1.29 is 0 Å². The second-order valence-electron chi connectivity index (χ2n) is 4.70. The number of aryl methyl sites for hydroxylation is 3. The van der Waals surface area contributed by atoms with E-state index in [0.29, 0.717) is 0 Å². The van der Waals surface area contributed by atoms with Crippen molar-refractivity contribution in [2.45, 2.75) is 40.7 Å². The molecule has 0 aliphatic heterocycles. The third kappa shape index (κ3) is 3.19. The Balaban J connectivity index is 2.36. The van der Waals surface area contributed by atoms with Crippen molar-refractivity contribution in [3.05, 3.63) is 34.0 Å². The Labute approximate surface area is 119 Å². The largest absolute Gasteiger partial charge is 0.312 e. The molecule has 19 heavy (non-hydrogen) atoms. The van der Waals surface area contributed by atoms with Crippen LogP contribution in [0.3, 0.4) is 0 Å². The molecule has 102 valence electrons. The van der Waals surface area contributed by atoms with Gasteiger partial charge in [-0.3, -0.25) is 4.98 Å². The molecule has 1 N–H and O–H groups in total. The van der Waals surface area contributed by atoms with Gasteiger partial charge in [0, 0.05) is 17.6 Å². The van der Waals surface area contributed by atoms with Crippen LogP contribution < -0.4 is 5.32 Å². The minimum Gasteiger partial charge on any atom is -0.312 e. The van der Waals surface area contributed by atoms with Crippen LogP contribution in [-0.4, -0.2) is 16.5 Å². The molecular weight excluding hydrogens is 254 g/mol. The summed E-state index contributed by atoms with van der Waals surface area (Å²) in [4.78, 5) is 10.6. The van der Waals surface area contributed by atoms with Gasteiger partial charge >= 0.3 is 0 Å². The lowest BCUT2D eigenvalue weighted by molar-refractivity contribution is 0.727. The summed E-state index contributed by atoms with van der Waals surface area (Å²) in [6, 6.07) is 2.17. The first-order valence-electron chi connectivity index (χ1n) is 6.78. The van der Waals surface area contributed by atoms with Crippen LogP contribution in [0.1, 0.15) is 35.5 Å². The van der Waals surface area contributed by atoms with Crippen molar-refractivity contribution in [1.29, 1.82) is 0 Å². The molecule has 0 saturated carbocycles. The summed E-state index contributed by atoms with van der Waals surface area (Å²) in [5.74, 6) is 0. The van der Waals surface area contributed by atoms with Crippen LogP contribution in [0.4, 0.5) is 0 Å². The molecule has 3 nitrogen and oxygen atoms in total. The van der Waals surface area contributed by atoms with Crippen LogP contribution >= 0.6 is 11.3 Å². The highest BCUT2D eigenvalue weighted by Gasteiger charge is 2.13. The normalized spacial score (nSPS) is 10.9. The van der Waals surface area contributed by atoms with E-state index in [0.717, 1.165) is 30.2 Å². The number of hydrogen-bond donors (Lipinski definition) is 1. The monoisotopic (exact) mass is 275 g/mol. The fourth-order valence-electron chi connectivity index (χ4n) is 2.08. The van der Waals surface area contributed by atoms with Crippen LogP contribution in [0, 0.1) is 13.8 Å².